The molecule has 0 spiro atoms. The molecule has 0 aromatic heterocycles. The normalized spacial score (nSPS) is 20.8. The molecule has 1 heterocycles. The van der Waals surface area contributed by atoms with Crippen molar-refractivity contribution in [2.45, 2.75) is 117 Å². The van der Waals surface area contributed by atoms with Crippen molar-refractivity contribution in [3.63, 3.8) is 0 Å². The molecule has 1 saturated heterocycles. The van der Waals surface area contributed by atoms with E-state index >= 15 is 0 Å². The van der Waals surface area contributed by atoms with E-state index < -0.39 is 0 Å². The average Bonchev–Trinajstić information content (AvgIpc) is 3.11. The van der Waals surface area contributed by atoms with Crippen molar-refractivity contribution in [2.75, 3.05) is 32.8 Å². The molecule has 3 heteroatoms. The van der Waals surface area contributed by atoms with Gasteiger partial charge in [-0.2, -0.15) is 0 Å². The Morgan fingerprint density at radius 1 is 0.692 bits per heavy atom. The van der Waals surface area contributed by atoms with Crippen LogP contribution in [0, 0.1) is 0 Å². The third kappa shape index (κ3) is 9.71. The van der Waals surface area contributed by atoms with Gasteiger partial charge in [0.2, 0.25) is 0 Å². The molecule has 0 amide bonds. The maximum absolute atomic E-state index is 6.18. The number of hydrogen-bond donors (Lipinski definition) is 0. The molecule has 0 aromatic carbocycles. The summed E-state index contributed by atoms with van der Waals surface area (Å²) >= 11 is 0. The summed E-state index contributed by atoms with van der Waals surface area (Å²) in [6.07, 6.45) is 16.8. The number of unbranched alkanes of at least 4 members (excludes halogenated alkanes) is 10. The van der Waals surface area contributed by atoms with Gasteiger partial charge in [0.05, 0.1) is 26.2 Å². The van der Waals surface area contributed by atoms with Crippen LogP contribution in [-0.4, -0.2) is 49.7 Å². The van der Waals surface area contributed by atoms with Crippen molar-refractivity contribution in [3.8, 4) is 0 Å². The number of hydrogen-bond acceptors (Lipinski definition) is 2. The van der Waals surface area contributed by atoms with Crippen molar-refractivity contribution in [1.29, 1.82) is 0 Å². The van der Waals surface area contributed by atoms with Crippen LogP contribution in [0.4, 0.5) is 0 Å². The van der Waals surface area contributed by atoms with Crippen LogP contribution in [0.25, 0.3) is 0 Å². The van der Waals surface area contributed by atoms with Crippen molar-refractivity contribution in [3.05, 3.63) is 0 Å². The summed E-state index contributed by atoms with van der Waals surface area (Å²) in [7, 11) is 0. The van der Waals surface area contributed by atoms with E-state index in [9.17, 15) is 0 Å². The first kappa shape index (κ1) is 23.9. The lowest BCUT2D eigenvalue weighted by Gasteiger charge is -2.37. The minimum Gasteiger partial charge on any atom is -0.350 e. The average molecular weight is 371 g/mol. The van der Waals surface area contributed by atoms with E-state index in [0.29, 0.717) is 6.10 Å². The zero-order valence-electron chi connectivity index (χ0n) is 18.4. The van der Waals surface area contributed by atoms with Gasteiger partial charge in [0.25, 0.3) is 0 Å². The van der Waals surface area contributed by atoms with Crippen LogP contribution in [0.2, 0.25) is 0 Å². The van der Waals surface area contributed by atoms with Crippen molar-refractivity contribution < 1.29 is 14.0 Å². The fourth-order valence-corrected chi connectivity index (χ4v) is 4.22. The highest BCUT2D eigenvalue weighted by atomic mass is 16.7. The van der Waals surface area contributed by atoms with E-state index in [1.807, 2.05) is 0 Å². The molecule has 156 valence electrons. The largest absolute Gasteiger partial charge is 0.350 e. The van der Waals surface area contributed by atoms with Gasteiger partial charge >= 0.3 is 0 Å². The van der Waals surface area contributed by atoms with Gasteiger partial charge in [-0.1, -0.05) is 71.1 Å². The molecule has 2 atom stereocenters. The first-order valence-electron chi connectivity index (χ1n) is 11.8. The zero-order chi connectivity index (χ0) is 19.1. The molecule has 0 aromatic rings. The lowest BCUT2D eigenvalue weighted by atomic mass is 10.1. The minimum absolute atomic E-state index is 0.0611. The number of nitrogens with zero attached hydrogens (tertiary/aromatic N) is 1. The Balaban J connectivity index is 1.98. The third-order valence-electron chi connectivity index (χ3n) is 6.46. The van der Waals surface area contributed by atoms with E-state index in [1.165, 1.54) is 90.3 Å². The molecule has 1 rings (SSSR count). The maximum Gasteiger partial charge on any atom is 0.158 e. The van der Waals surface area contributed by atoms with Crippen molar-refractivity contribution >= 4 is 0 Å². The number of ether oxygens (including phenoxy) is 2. The fraction of sp³-hybridized carbons (Fsp3) is 1.00. The van der Waals surface area contributed by atoms with Crippen molar-refractivity contribution in [1.82, 2.24) is 0 Å². The molecular weight excluding hydrogens is 322 g/mol. The monoisotopic (exact) mass is 370 g/mol. The Hall–Kier alpha value is -0.120. The number of rotatable bonds is 17. The molecule has 3 nitrogen and oxygen atoms in total. The van der Waals surface area contributed by atoms with Crippen LogP contribution in [0.3, 0.4) is 0 Å². The molecule has 26 heavy (non-hydrogen) atoms. The highest BCUT2D eigenvalue weighted by Crippen LogP contribution is 2.21. The van der Waals surface area contributed by atoms with E-state index in [2.05, 4.69) is 27.7 Å². The van der Waals surface area contributed by atoms with E-state index in [0.717, 1.165) is 24.1 Å². The highest BCUT2D eigenvalue weighted by molar-refractivity contribution is 4.66. The van der Waals surface area contributed by atoms with Gasteiger partial charge < -0.3 is 14.0 Å². The summed E-state index contributed by atoms with van der Waals surface area (Å²) in [6, 6.07) is 0. The van der Waals surface area contributed by atoms with Crippen LogP contribution in [0.15, 0.2) is 0 Å². The van der Waals surface area contributed by atoms with Crippen LogP contribution in [-0.2, 0) is 9.47 Å². The molecule has 0 saturated carbocycles. The van der Waals surface area contributed by atoms with Crippen LogP contribution in [0.5, 0.6) is 0 Å². The second kappa shape index (κ2) is 14.9. The summed E-state index contributed by atoms with van der Waals surface area (Å²) in [5, 5.41) is 0. The Morgan fingerprint density at radius 3 is 1.69 bits per heavy atom. The summed E-state index contributed by atoms with van der Waals surface area (Å²) < 4.78 is 13.2. The third-order valence-corrected chi connectivity index (χ3v) is 6.46. The van der Waals surface area contributed by atoms with Gasteiger partial charge in [0, 0.05) is 0 Å². The standard InChI is InChI=1S/C23H48NO2/c1-5-9-10-11-12-13-14-15-16-17-18-19-23-25-21-22(26-23)20-24(6-2,7-3)8-4/h22-23H,5-21H2,1-4H3/q+1/t22-,23-/m1/s1. The Kier molecular flexibility index (Phi) is 13.7. The smallest absolute Gasteiger partial charge is 0.158 e. The van der Waals surface area contributed by atoms with Gasteiger partial charge in [-0.05, 0) is 33.6 Å². The topological polar surface area (TPSA) is 18.5 Å². The Labute approximate surface area is 164 Å². The molecular formula is C23H48NO2+. The second-order valence-electron chi connectivity index (χ2n) is 8.32. The van der Waals surface area contributed by atoms with Crippen LogP contribution >= 0.6 is 0 Å². The van der Waals surface area contributed by atoms with Gasteiger partial charge in [0.15, 0.2) is 6.29 Å². The van der Waals surface area contributed by atoms with E-state index in [-0.39, 0.29) is 6.29 Å². The highest BCUT2D eigenvalue weighted by Gasteiger charge is 2.33. The molecule has 0 bridgehead atoms. The first-order chi connectivity index (χ1) is 12.7. The lowest BCUT2D eigenvalue weighted by molar-refractivity contribution is -0.925. The fourth-order valence-electron chi connectivity index (χ4n) is 4.22. The first-order valence-corrected chi connectivity index (χ1v) is 11.8. The molecule has 1 aliphatic rings. The van der Waals surface area contributed by atoms with E-state index in [4.69, 9.17) is 9.47 Å². The maximum atomic E-state index is 6.18. The Morgan fingerprint density at radius 2 is 1.19 bits per heavy atom. The van der Waals surface area contributed by atoms with Crippen LogP contribution in [0.1, 0.15) is 105 Å². The number of likely N-dealkylation sites (N-methyl/N-ethyl adjacent to an activating group) is 1. The molecule has 1 fully saturated rings. The Bertz CT molecular complexity index is 309. The minimum atomic E-state index is 0.0611. The van der Waals surface area contributed by atoms with Gasteiger partial charge in [-0.3, -0.25) is 0 Å². The summed E-state index contributed by atoms with van der Waals surface area (Å²) in [5.41, 5.74) is 0. The summed E-state index contributed by atoms with van der Waals surface area (Å²) in [6.45, 7) is 14.7. The summed E-state index contributed by atoms with van der Waals surface area (Å²) in [5.74, 6) is 0. The SMILES string of the molecule is CCCCCCCCCCCCC[C@@H]1OC[C@@H](C[N+](CC)(CC)CC)O1. The molecule has 0 aliphatic carbocycles. The van der Waals surface area contributed by atoms with E-state index in [1.54, 1.807) is 0 Å². The predicted molar refractivity (Wildman–Crippen MR) is 112 cm³/mol. The molecule has 1 aliphatic heterocycles. The zero-order valence-corrected chi connectivity index (χ0v) is 18.4. The summed E-state index contributed by atoms with van der Waals surface area (Å²) in [4.78, 5) is 0. The number of quaternary nitrogens is 1. The molecule has 0 unspecified atom stereocenters. The predicted octanol–water partition coefficient (Wildman–Crippen LogP) is 6.31. The lowest BCUT2D eigenvalue weighted by Crippen LogP contribution is -2.52. The van der Waals surface area contributed by atoms with Crippen molar-refractivity contribution in [2.24, 2.45) is 0 Å². The quantitative estimate of drug-likeness (QED) is 0.221. The van der Waals surface area contributed by atoms with Gasteiger partial charge in [0.1, 0.15) is 12.6 Å². The van der Waals surface area contributed by atoms with Gasteiger partial charge in [-0.25, -0.2) is 0 Å². The molecule has 0 radical (unpaired) electrons. The van der Waals surface area contributed by atoms with Crippen LogP contribution < -0.4 is 0 Å². The second-order valence-corrected chi connectivity index (χ2v) is 8.32. The van der Waals surface area contributed by atoms with Gasteiger partial charge in [-0.15, -0.1) is 0 Å². The molecule has 0 N–H and O–H groups in total.